The van der Waals surface area contributed by atoms with E-state index in [-0.39, 0.29) is 23.4 Å². The van der Waals surface area contributed by atoms with Crippen LogP contribution in [-0.4, -0.2) is 29.4 Å². The maximum absolute atomic E-state index is 11.8. The van der Waals surface area contributed by atoms with E-state index in [1.165, 1.54) is 0 Å². The van der Waals surface area contributed by atoms with E-state index in [0.717, 1.165) is 13.0 Å². The van der Waals surface area contributed by atoms with Gasteiger partial charge in [0.25, 0.3) is 0 Å². The van der Waals surface area contributed by atoms with Crippen molar-refractivity contribution >= 4 is 5.91 Å². The second kappa shape index (κ2) is 3.13. The second-order valence-corrected chi connectivity index (χ2v) is 5.56. The number of hydrogen-bond donors (Lipinski definition) is 1. The predicted molar refractivity (Wildman–Crippen MR) is 55.6 cm³/mol. The topological polar surface area (TPSA) is 56.1 Å². The van der Waals surface area contributed by atoms with Crippen molar-refractivity contribution in [3.8, 4) is 6.19 Å². The van der Waals surface area contributed by atoms with Crippen LogP contribution in [0.3, 0.4) is 0 Å². The van der Waals surface area contributed by atoms with Crippen molar-refractivity contribution in [3.63, 3.8) is 0 Å². The molecule has 1 aliphatic carbocycles. The summed E-state index contributed by atoms with van der Waals surface area (Å²) in [5, 5.41) is 11.9. The maximum Gasteiger partial charge on any atom is 0.225 e. The molecule has 1 amide bonds. The van der Waals surface area contributed by atoms with Crippen LogP contribution in [0.2, 0.25) is 0 Å². The third kappa shape index (κ3) is 1.56. The first-order valence-corrected chi connectivity index (χ1v) is 5.41. The molecule has 3 aliphatic rings. The summed E-state index contributed by atoms with van der Waals surface area (Å²) in [6.45, 7) is 6.54. The molecule has 3 fully saturated rings. The number of hydrogen-bond acceptors (Lipinski definition) is 3. The molecule has 4 heteroatoms. The van der Waals surface area contributed by atoms with Gasteiger partial charge in [0.2, 0.25) is 5.91 Å². The first-order chi connectivity index (χ1) is 6.93. The third-order valence-electron chi connectivity index (χ3n) is 3.41. The van der Waals surface area contributed by atoms with Crippen LogP contribution in [-0.2, 0) is 4.79 Å². The fraction of sp³-hybridized carbons (Fsp3) is 0.818. The predicted octanol–water partition coefficient (Wildman–Crippen LogP) is 0.702. The smallest absolute Gasteiger partial charge is 0.225 e. The maximum atomic E-state index is 11.8. The van der Waals surface area contributed by atoms with Crippen molar-refractivity contribution in [2.24, 2.45) is 11.3 Å². The number of rotatable bonds is 1. The Morgan fingerprint density at radius 3 is 2.67 bits per heavy atom. The zero-order valence-electron chi connectivity index (χ0n) is 9.45. The number of carbonyl (C=O) groups is 1. The molecule has 0 spiro atoms. The van der Waals surface area contributed by atoms with E-state index in [1.54, 1.807) is 4.90 Å². The molecule has 1 N–H and O–H groups in total. The monoisotopic (exact) mass is 207 g/mol. The lowest BCUT2D eigenvalue weighted by Gasteiger charge is -2.37. The van der Waals surface area contributed by atoms with Gasteiger partial charge in [0.15, 0.2) is 6.19 Å². The van der Waals surface area contributed by atoms with Gasteiger partial charge in [-0.25, -0.2) is 0 Å². The molecule has 15 heavy (non-hydrogen) atoms. The van der Waals surface area contributed by atoms with Crippen LogP contribution in [0.1, 0.15) is 27.2 Å². The van der Waals surface area contributed by atoms with E-state index in [9.17, 15) is 4.79 Å². The fourth-order valence-corrected chi connectivity index (χ4v) is 2.32. The largest absolute Gasteiger partial charge is 0.350 e. The van der Waals surface area contributed by atoms with Gasteiger partial charge in [0.05, 0.1) is 12.1 Å². The number of nitrogens with zero attached hydrogens (tertiary/aromatic N) is 2. The Bertz CT molecular complexity index is 326. The average Bonchev–Trinajstić information content (AvgIpc) is 2.68. The standard InChI is InChI=1S/C11H17N3O/c1-11(2,3)10(15)13-9-7-4-8(9)14(5-7)6-12/h7-9H,4-5H2,1-3H3,(H,13,15). The number of nitriles is 1. The highest BCUT2D eigenvalue weighted by Crippen LogP contribution is 2.40. The molecule has 0 aromatic carbocycles. The van der Waals surface area contributed by atoms with Crippen LogP contribution in [0.15, 0.2) is 0 Å². The van der Waals surface area contributed by atoms with E-state index >= 15 is 0 Å². The van der Waals surface area contributed by atoms with Gasteiger partial charge in [-0.05, 0) is 6.42 Å². The molecule has 1 saturated carbocycles. The summed E-state index contributed by atoms with van der Waals surface area (Å²) in [5.74, 6) is 0.572. The van der Waals surface area contributed by atoms with Crippen LogP contribution in [0, 0.1) is 22.8 Å². The molecular formula is C11H17N3O. The molecule has 2 saturated heterocycles. The minimum absolute atomic E-state index is 0.0852. The third-order valence-corrected chi connectivity index (χ3v) is 3.41. The van der Waals surface area contributed by atoms with E-state index in [1.807, 2.05) is 20.8 Å². The quantitative estimate of drug-likeness (QED) is 0.644. The lowest BCUT2D eigenvalue weighted by atomic mass is 9.79. The lowest BCUT2D eigenvalue weighted by Crippen LogP contribution is -2.56. The Balaban J connectivity index is 1.95. The summed E-state index contributed by atoms with van der Waals surface area (Å²) in [7, 11) is 0. The fourth-order valence-electron chi connectivity index (χ4n) is 2.32. The molecule has 3 atom stereocenters. The summed E-state index contributed by atoms with van der Waals surface area (Å²) >= 11 is 0. The minimum Gasteiger partial charge on any atom is -0.350 e. The SMILES string of the molecule is CC(C)(C)C(=O)NC1C2CC1N(C#N)C2. The zero-order chi connectivity index (χ0) is 11.2. The van der Waals surface area contributed by atoms with Crippen molar-refractivity contribution in [1.29, 1.82) is 5.26 Å². The molecule has 0 radical (unpaired) electrons. The first kappa shape index (κ1) is 10.3. The first-order valence-electron chi connectivity index (χ1n) is 5.41. The van der Waals surface area contributed by atoms with Crippen LogP contribution < -0.4 is 5.32 Å². The van der Waals surface area contributed by atoms with E-state index in [0.29, 0.717) is 5.92 Å². The minimum atomic E-state index is -0.341. The molecule has 2 aliphatic heterocycles. The highest BCUT2D eigenvalue weighted by atomic mass is 16.2. The van der Waals surface area contributed by atoms with E-state index < -0.39 is 0 Å². The second-order valence-electron chi connectivity index (χ2n) is 5.56. The Kier molecular flexibility index (Phi) is 2.14. The molecule has 4 nitrogen and oxygen atoms in total. The number of carbonyl (C=O) groups excluding carboxylic acids is 1. The highest BCUT2D eigenvalue weighted by molar-refractivity contribution is 5.81. The van der Waals surface area contributed by atoms with Gasteiger partial charge in [-0.1, -0.05) is 20.8 Å². The van der Waals surface area contributed by atoms with Crippen molar-refractivity contribution in [2.75, 3.05) is 6.54 Å². The molecule has 2 heterocycles. The van der Waals surface area contributed by atoms with Crippen LogP contribution in [0.5, 0.6) is 0 Å². The van der Waals surface area contributed by atoms with E-state index in [4.69, 9.17) is 5.26 Å². The molecule has 0 aromatic heterocycles. The highest BCUT2D eigenvalue weighted by Gasteiger charge is 2.53. The number of nitrogens with one attached hydrogen (secondary N) is 1. The van der Waals surface area contributed by atoms with Gasteiger partial charge in [0.1, 0.15) is 0 Å². The summed E-state index contributed by atoms with van der Waals surface area (Å²) in [5.41, 5.74) is -0.341. The van der Waals surface area contributed by atoms with Crippen molar-refractivity contribution < 1.29 is 4.79 Å². The summed E-state index contributed by atoms with van der Waals surface area (Å²) < 4.78 is 0. The Labute approximate surface area is 90.2 Å². The van der Waals surface area contributed by atoms with Crippen LogP contribution in [0.25, 0.3) is 0 Å². The van der Waals surface area contributed by atoms with Gasteiger partial charge >= 0.3 is 0 Å². The molecule has 0 aromatic rings. The van der Waals surface area contributed by atoms with Crippen LogP contribution in [0.4, 0.5) is 0 Å². The Morgan fingerprint density at radius 2 is 2.20 bits per heavy atom. The van der Waals surface area contributed by atoms with Gasteiger partial charge in [-0.3, -0.25) is 4.79 Å². The number of amides is 1. The summed E-state index contributed by atoms with van der Waals surface area (Å²) in [4.78, 5) is 13.6. The van der Waals surface area contributed by atoms with E-state index in [2.05, 4.69) is 11.5 Å². The van der Waals surface area contributed by atoms with Gasteiger partial charge in [-0.15, -0.1) is 0 Å². The Hall–Kier alpha value is -1.24. The Morgan fingerprint density at radius 1 is 1.53 bits per heavy atom. The van der Waals surface area contributed by atoms with Gasteiger partial charge < -0.3 is 10.2 Å². The molecule has 3 unspecified atom stereocenters. The zero-order valence-corrected chi connectivity index (χ0v) is 9.45. The summed E-state index contributed by atoms with van der Waals surface area (Å²) in [6, 6.07) is 0.461. The average molecular weight is 207 g/mol. The number of fused-ring (bicyclic) bond motifs is 1. The molecule has 82 valence electrons. The lowest BCUT2D eigenvalue weighted by molar-refractivity contribution is -0.130. The summed E-state index contributed by atoms with van der Waals surface area (Å²) in [6.07, 6.45) is 3.24. The molecular weight excluding hydrogens is 190 g/mol. The molecule has 3 rings (SSSR count). The van der Waals surface area contributed by atoms with Crippen molar-refractivity contribution in [3.05, 3.63) is 0 Å². The van der Waals surface area contributed by atoms with Crippen molar-refractivity contribution in [1.82, 2.24) is 10.2 Å². The van der Waals surface area contributed by atoms with Gasteiger partial charge in [0, 0.05) is 17.9 Å². The van der Waals surface area contributed by atoms with Crippen LogP contribution >= 0.6 is 0 Å². The molecule has 2 bridgehead atoms. The normalized spacial score (nSPS) is 33.2. The van der Waals surface area contributed by atoms with Gasteiger partial charge in [-0.2, -0.15) is 5.26 Å². The van der Waals surface area contributed by atoms with Crippen molar-refractivity contribution in [2.45, 2.75) is 39.3 Å².